The van der Waals surface area contributed by atoms with Crippen molar-refractivity contribution in [2.45, 2.75) is 33.0 Å². The Morgan fingerprint density at radius 3 is 2.82 bits per heavy atom. The molecule has 0 saturated carbocycles. The van der Waals surface area contributed by atoms with Gasteiger partial charge in [-0.3, -0.25) is 9.89 Å². The molecule has 0 amide bonds. The van der Waals surface area contributed by atoms with Gasteiger partial charge < -0.3 is 19.5 Å². The van der Waals surface area contributed by atoms with E-state index in [-0.39, 0.29) is 6.10 Å². The number of nitrogens with zero attached hydrogens (tertiary/aromatic N) is 5. The van der Waals surface area contributed by atoms with Gasteiger partial charge in [-0.25, -0.2) is 0 Å². The van der Waals surface area contributed by atoms with E-state index in [0.29, 0.717) is 24.9 Å². The smallest absolute Gasteiger partial charge is 0.246 e. The molecule has 2 aromatic heterocycles. The molecule has 0 aromatic carbocycles. The summed E-state index contributed by atoms with van der Waals surface area (Å²) in [7, 11) is 1.79. The maximum atomic E-state index is 6.02. The van der Waals surface area contributed by atoms with Crippen molar-refractivity contribution in [3.63, 3.8) is 0 Å². The van der Waals surface area contributed by atoms with Crippen LogP contribution in [0, 0.1) is 0 Å². The van der Waals surface area contributed by atoms with Crippen LogP contribution in [0.5, 0.6) is 0 Å². The van der Waals surface area contributed by atoms with Gasteiger partial charge in [0, 0.05) is 51.3 Å². The molecule has 1 atom stereocenters. The average molecular weight is 427 g/mol. The molecule has 1 N–H and O–H groups in total. The molecule has 3 heterocycles. The summed E-state index contributed by atoms with van der Waals surface area (Å²) in [6.45, 7) is 9.63. The minimum Gasteiger partial charge on any atom is -0.371 e. The standard InChI is InChI=1S/C18H27ClN6O2S/c1-4-26-13(2)17-22-16(27-23-17)11-21-18(20-3)25-9-7-24(8-10-25)12-14-5-6-15(19)28-14/h5-6,13H,4,7-12H2,1-3H3,(H,20,21). The Morgan fingerprint density at radius 1 is 1.39 bits per heavy atom. The van der Waals surface area contributed by atoms with E-state index in [4.69, 9.17) is 20.9 Å². The molecule has 1 fully saturated rings. The third-order valence-electron chi connectivity index (χ3n) is 4.55. The van der Waals surface area contributed by atoms with Crippen molar-refractivity contribution in [1.29, 1.82) is 0 Å². The van der Waals surface area contributed by atoms with Crippen LogP contribution in [0.4, 0.5) is 0 Å². The highest BCUT2D eigenvalue weighted by Crippen LogP contribution is 2.23. The molecule has 0 radical (unpaired) electrons. The summed E-state index contributed by atoms with van der Waals surface area (Å²) in [5.41, 5.74) is 0. The highest BCUT2D eigenvalue weighted by Gasteiger charge is 2.21. The van der Waals surface area contributed by atoms with Crippen molar-refractivity contribution in [3.8, 4) is 0 Å². The number of hydrogen-bond donors (Lipinski definition) is 1. The summed E-state index contributed by atoms with van der Waals surface area (Å²) in [5.74, 6) is 1.93. The van der Waals surface area contributed by atoms with E-state index in [1.165, 1.54) is 4.88 Å². The second-order valence-corrected chi connectivity index (χ2v) is 8.31. The molecule has 8 nitrogen and oxygen atoms in total. The Labute approximate surface area is 174 Å². The zero-order valence-electron chi connectivity index (χ0n) is 16.5. The fourth-order valence-corrected chi connectivity index (χ4v) is 4.22. The maximum Gasteiger partial charge on any atom is 0.246 e. The number of piperazine rings is 1. The van der Waals surface area contributed by atoms with Gasteiger partial charge in [0.25, 0.3) is 0 Å². The summed E-state index contributed by atoms with van der Waals surface area (Å²) in [4.78, 5) is 14.8. The first kappa shape index (κ1) is 21.0. The Bertz CT molecular complexity index is 772. The third kappa shape index (κ3) is 5.66. The number of aliphatic imine (C=N–C) groups is 1. The lowest BCUT2D eigenvalue weighted by Gasteiger charge is -2.36. The van der Waals surface area contributed by atoms with Crippen molar-refractivity contribution in [2.75, 3.05) is 39.8 Å². The minimum absolute atomic E-state index is 0.173. The minimum atomic E-state index is -0.173. The summed E-state index contributed by atoms with van der Waals surface area (Å²) in [5, 5.41) is 7.30. The van der Waals surface area contributed by atoms with Crippen LogP contribution < -0.4 is 5.32 Å². The van der Waals surface area contributed by atoms with Gasteiger partial charge in [-0.05, 0) is 26.0 Å². The Kier molecular flexibility index (Phi) is 7.66. The van der Waals surface area contributed by atoms with E-state index in [2.05, 4.69) is 36.3 Å². The van der Waals surface area contributed by atoms with Gasteiger partial charge in [0.15, 0.2) is 11.8 Å². The molecule has 0 spiro atoms. The summed E-state index contributed by atoms with van der Waals surface area (Å²) in [6, 6.07) is 4.06. The van der Waals surface area contributed by atoms with E-state index >= 15 is 0 Å². The number of ether oxygens (including phenoxy) is 1. The molecular weight excluding hydrogens is 400 g/mol. The Hall–Kier alpha value is -1.68. The van der Waals surface area contributed by atoms with Crippen LogP contribution >= 0.6 is 22.9 Å². The predicted octanol–water partition coefficient (Wildman–Crippen LogP) is 2.78. The predicted molar refractivity (Wildman–Crippen MR) is 111 cm³/mol. The molecule has 0 aliphatic carbocycles. The molecular formula is C18H27ClN6O2S. The molecule has 1 saturated heterocycles. The van der Waals surface area contributed by atoms with Crippen LogP contribution in [-0.4, -0.2) is 65.7 Å². The average Bonchev–Trinajstić information content (AvgIpc) is 3.33. The highest BCUT2D eigenvalue weighted by atomic mass is 35.5. The number of thiophene rings is 1. The number of nitrogens with one attached hydrogen (secondary N) is 1. The summed E-state index contributed by atoms with van der Waals surface area (Å²) in [6.07, 6.45) is -0.173. The molecule has 154 valence electrons. The lowest BCUT2D eigenvalue weighted by atomic mass is 10.3. The van der Waals surface area contributed by atoms with E-state index in [1.807, 2.05) is 19.9 Å². The van der Waals surface area contributed by atoms with Gasteiger partial charge in [0.1, 0.15) is 6.10 Å². The molecule has 2 aromatic rings. The lowest BCUT2D eigenvalue weighted by Crippen LogP contribution is -2.52. The fourth-order valence-electron chi connectivity index (χ4n) is 3.09. The topological polar surface area (TPSA) is 79.0 Å². The first-order valence-electron chi connectivity index (χ1n) is 9.45. The van der Waals surface area contributed by atoms with Crippen molar-refractivity contribution < 1.29 is 9.26 Å². The van der Waals surface area contributed by atoms with E-state index in [0.717, 1.165) is 43.0 Å². The monoisotopic (exact) mass is 426 g/mol. The van der Waals surface area contributed by atoms with Crippen molar-refractivity contribution in [2.24, 2.45) is 4.99 Å². The van der Waals surface area contributed by atoms with Gasteiger partial charge >= 0.3 is 0 Å². The van der Waals surface area contributed by atoms with Crippen LogP contribution in [-0.2, 0) is 17.8 Å². The zero-order valence-corrected chi connectivity index (χ0v) is 18.1. The molecule has 10 heteroatoms. The largest absolute Gasteiger partial charge is 0.371 e. The lowest BCUT2D eigenvalue weighted by molar-refractivity contribution is 0.0683. The number of aromatic nitrogens is 2. The second-order valence-electron chi connectivity index (χ2n) is 6.51. The molecule has 3 rings (SSSR count). The van der Waals surface area contributed by atoms with Crippen molar-refractivity contribution >= 4 is 28.9 Å². The third-order valence-corrected chi connectivity index (χ3v) is 5.77. The SMILES string of the molecule is CCOC(C)c1noc(CNC(=NC)N2CCN(Cc3ccc(Cl)s3)CC2)n1. The van der Waals surface area contributed by atoms with Crippen molar-refractivity contribution in [1.82, 2.24) is 25.3 Å². The Morgan fingerprint density at radius 2 is 2.18 bits per heavy atom. The first-order valence-corrected chi connectivity index (χ1v) is 10.6. The van der Waals surface area contributed by atoms with Crippen LogP contribution in [0.1, 0.15) is 36.5 Å². The Balaban J connectivity index is 1.46. The highest BCUT2D eigenvalue weighted by molar-refractivity contribution is 7.16. The van der Waals surface area contributed by atoms with Crippen molar-refractivity contribution in [3.05, 3.63) is 33.1 Å². The molecule has 1 aliphatic heterocycles. The van der Waals surface area contributed by atoms with E-state index in [9.17, 15) is 0 Å². The van der Waals surface area contributed by atoms with Gasteiger partial charge in [-0.1, -0.05) is 16.8 Å². The van der Waals surface area contributed by atoms with Gasteiger partial charge in [-0.2, -0.15) is 4.98 Å². The molecule has 0 bridgehead atoms. The first-order chi connectivity index (χ1) is 13.6. The summed E-state index contributed by atoms with van der Waals surface area (Å²) < 4.78 is 11.6. The molecule has 1 aliphatic rings. The van der Waals surface area contributed by atoms with Gasteiger partial charge in [0.2, 0.25) is 5.89 Å². The van der Waals surface area contributed by atoms with Crippen LogP contribution in [0.15, 0.2) is 21.6 Å². The zero-order chi connectivity index (χ0) is 19.9. The second kappa shape index (κ2) is 10.2. The fraction of sp³-hybridized carbons (Fsp3) is 0.611. The van der Waals surface area contributed by atoms with Crippen LogP contribution in [0.25, 0.3) is 0 Å². The number of guanidine groups is 1. The van der Waals surface area contributed by atoms with E-state index < -0.39 is 0 Å². The van der Waals surface area contributed by atoms with Gasteiger partial charge in [-0.15, -0.1) is 11.3 Å². The number of hydrogen-bond acceptors (Lipinski definition) is 7. The maximum absolute atomic E-state index is 6.02. The van der Waals surface area contributed by atoms with Crippen LogP contribution in [0.3, 0.4) is 0 Å². The van der Waals surface area contributed by atoms with Gasteiger partial charge in [0.05, 0.1) is 10.9 Å². The quantitative estimate of drug-likeness (QED) is 0.538. The summed E-state index contributed by atoms with van der Waals surface area (Å²) >= 11 is 7.67. The normalized spacial score (nSPS) is 17.1. The van der Waals surface area contributed by atoms with E-state index in [1.54, 1.807) is 18.4 Å². The molecule has 28 heavy (non-hydrogen) atoms. The molecule has 1 unspecified atom stereocenters. The number of halogens is 1. The number of rotatable bonds is 7. The van der Waals surface area contributed by atoms with Crippen LogP contribution in [0.2, 0.25) is 4.34 Å².